The molecule has 1 unspecified atom stereocenters. The lowest BCUT2D eigenvalue weighted by atomic mass is 10.1. The number of hydrogen-bond donors (Lipinski definition) is 1. The van der Waals surface area contributed by atoms with Crippen molar-refractivity contribution in [2.75, 3.05) is 11.9 Å². The Morgan fingerprint density at radius 3 is 3.17 bits per heavy atom. The first-order valence-electron chi connectivity index (χ1n) is 7.37. The summed E-state index contributed by atoms with van der Waals surface area (Å²) in [5, 5.41) is 10.6. The van der Waals surface area contributed by atoms with E-state index in [0.717, 1.165) is 29.0 Å². The third kappa shape index (κ3) is 3.68. The number of carbonyl (C=O) groups excluding carboxylic acids is 1. The minimum atomic E-state index is -0.265. The van der Waals surface area contributed by atoms with Gasteiger partial charge >= 0.3 is 0 Å². The van der Waals surface area contributed by atoms with Crippen molar-refractivity contribution in [1.82, 2.24) is 10.2 Å². The number of anilines is 1. The normalized spacial score (nSPS) is 16.2. The second kappa shape index (κ2) is 6.78. The molecular weight excluding hydrogens is 314 g/mol. The van der Waals surface area contributed by atoms with E-state index in [1.807, 2.05) is 26.0 Å². The topological polar surface area (TPSA) is 73.3 Å². The Labute approximate surface area is 138 Å². The number of nitrogens with zero attached hydrogens (tertiary/aromatic N) is 2. The van der Waals surface area contributed by atoms with Crippen LogP contribution in [0.5, 0.6) is 11.5 Å². The van der Waals surface area contributed by atoms with Gasteiger partial charge < -0.3 is 9.47 Å². The lowest BCUT2D eigenvalue weighted by molar-refractivity contribution is -0.111. The van der Waals surface area contributed by atoms with Gasteiger partial charge in [0.25, 0.3) is 0 Å². The number of benzene rings is 1. The monoisotopic (exact) mass is 331 g/mol. The van der Waals surface area contributed by atoms with Crippen LogP contribution in [0.15, 0.2) is 23.7 Å². The van der Waals surface area contributed by atoms with Crippen LogP contribution in [-0.2, 0) is 11.2 Å². The first kappa shape index (κ1) is 15.5. The molecule has 6 nitrogen and oxygen atoms in total. The van der Waals surface area contributed by atoms with Gasteiger partial charge in [0.15, 0.2) is 0 Å². The van der Waals surface area contributed by atoms with E-state index in [0.29, 0.717) is 11.7 Å². The number of ether oxygens (including phenoxy) is 2. The summed E-state index contributed by atoms with van der Waals surface area (Å²) in [5.41, 5.74) is 3.51. The van der Waals surface area contributed by atoms with Crippen LogP contribution in [0, 0.1) is 0 Å². The molecule has 1 atom stereocenters. The van der Waals surface area contributed by atoms with Crippen molar-refractivity contribution in [3.63, 3.8) is 0 Å². The fraction of sp³-hybridized carbons (Fsp3) is 0.312. The van der Waals surface area contributed by atoms with E-state index in [2.05, 4.69) is 15.5 Å². The van der Waals surface area contributed by atoms with Crippen molar-refractivity contribution in [1.29, 1.82) is 0 Å². The first-order valence-corrected chi connectivity index (χ1v) is 8.25. The van der Waals surface area contributed by atoms with Crippen LogP contribution in [0.2, 0.25) is 0 Å². The van der Waals surface area contributed by atoms with Gasteiger partial charge in [-0.3, -0.25) is 10.1 Å². The smallest absolute Gasteiger partial charge is 0.250 e. The van der Waals surface area contributed by atoms with Gasteiger partial charge in [0.05, 0.1) is 6.61 Å². The molecule has 1 aliphatic heterocycles. The molecule has 2 aromatic rings. The number of hydrogen-bond acceptors (Lipinski definition) is 6. The highest BCUT2D eigenvalue weighted by Gasteiger charge is 2.21. The number of fused-ring (bicyclic) bond motifs is 1. The number of rotatable bonds is 5. The SMILES string of the molecule is CCOc1cc2c(cc1C=CC(=O)Nc1nncs1)OC(C)C2. The zero-order valence-electron chi connectivity index (χ0n) is 12.9. The van der Waals surface area contributed by atoms with Crippen molar-refractivity contribution in [3.8, 4) is 11.5 Å². The van der Waals surface area contributed by atoms with Crippen molar-refractivity contribution < 1.29 is 14.3 Å². The fourth-order valence-electron chi connectivity index (χ4n) is 2.41. The molecule has 0 radical (unpaired) electrons. The minimum Gasteiger partial charge on any atom is -0.493 e. The van der Waals surface area contributed by atoms with Crippen LogP contribution in [0.4, 0.5) is 5.13 Å². The summed E-state index contributed by atoms with van der Waals surface area (Å²) < 4.78 is 11.4. The van der Waals surface area contributed by atoms with Gasteiger partial charge in [0.1, 0.15) is 23.1 Å². The summed E-state index contributed by atoms with van der Waals surface area (Å²) in [7, 11) is 0. The first-order chi connectivity index (χ1) is 11.2. The molecule has 0 bridgehead atoms. The van der Waals surface area contributed by atoms with Gasteiger partial charge in [0, 0.05) is 23.6 Å². The summed E-state index contributed by atoms with van der Waals surface area (Å²) in [4.78, 5) is 11.9. The van der Waals surface area contributed by atoms with Crippen molar-refractivity contribution in [2.24, 2.45) is 0 Å². The zero-order chi connectivity index (χ0) is 16.2. The average Bonchev–Trinajstić information content (AvgIpc) is 3.13. The van der Waals surface area contributed by atoms with Crippen LogP contribution in [0.25, 0.3) is 6.08 Å². The zero-order valence-corrected chi connectivity index (χ0v) is 13.7. The van der Waals surface area contributed by atoms with Crippen molar-refractivity contribution in [2.45, 2.75) is 26.4 Å². The van der Waals surface area contributed by atoms with Gasteiger partial charge in [-0.1, -0.05) is 11.3 Å². The number of amides is 1. The summed E-state index contributed by atoms with van der Waals surface area (Å²) in [6.07, 6.45) is 4.20. The van der Waals surface area contributed by atoms with Crippen LogP contribution in [0.3, 0.4) is 0 Å². The maximum atomic E-state index is 11.9. The molecule has 1 N–H and O–H groups in total. The maximum Gasteiger partial charge on any atom is 0.250 e. The van der Waals surface area contributed by atoms with Crippen LogP contribution >= 0.6 is 11.3 Å². The van der Waals surface area contributed by atoms with E-state index < -0.39 is 0 Å². The molecule has 0 saturated carbocycles. The fourth-order valence-corrected chi connectivity index (χ4v) is 2.85. The van der Waals surface area contributed by atoms with Crippen LogP contribution in [-0.4, -0.2) is 28.8 Å². The highest BCUT2D eigenvalue weighted by molar-refractivity contribution is 7.13. The van der Waals surface area contributed by atoms with E-state index in [-0.39, 0.29) is 12.0 Å². The lowest BCUT2D eigenvalue weighted by Gasteiger charge is -2.10. The second-order valence-electron chi connectivity index (χ2n) is 5.13. The van der Waals surface area contributed by atoms with Crippen molar-refractivity contribution >= 4 is 28.5 Å². The van der Waals surface area contributed by atoms with Crippen molar-refractivity contribution in [3.05, 3.63) is 34.8 Å². The lowest BCUT2D eigenvalue weighted by Crippen LogP contribution is -2.07. The molecule has 2 heterocycles. The van der Waals surface area contributed by atoms with Crippen LogP contribution in [0.1, 0.15) is 25.0 Å². The average molecular weight is 331 g/mol. The molecular formula is C16H17N3O3S. The molecule has 3 rings (SSSR count). The molecule has 7 heteroatoms. The van der Waals surface area contributed by atoms with Gasteiger partial charge in [-0.05, 0) is 32.1 Å². The summed E-state index contributed by atoms with van der Waals surface area (Å²) in [6.45, 7) is 4.53. The molecule has 1 amide bonds. The third-order valence-electron chi connectivity index (χ3n) is 3.33. The summed E-state index contributed by atoms with van der Waals surface area (Å²) in [6, 6.07) is 3.91. The van der Waals surface area contributed by atoms with E-state index in [9.17, 15) is 4.79 Å². The van der Waals surface area contributed by atoms with Gasteiger partial charge in [-0.25, -0.2) is 0 Å². The molecule has 1 aliphatic rings. The molecule has 120 valence electrons. The van der Waals surface area contributed by atoms with Crippen LogP contribution < -0.4 is 14.8 Å². The Hall–Kier alpha value is -2.41. The van der Waals surface area contributed by atoms with Gasteiger partial charge in [-0.2, -0.15) is 0 Å². The van der Waals surface area contributed by atoms with E-state index in [4.69, 9.17) is 9.47 Å². The molecule has 1 aromatic heterocycles. The predicted molar refractivity (Wildman–Crippen MR) is 89.0 cm³/mol. The van der Waals surface area contributed by atoms with E-state index in [1.165, 1.54) is 17.4 Å². The Balaban J connectivity index is 1.79. The highest BCUT2D eigenvalue weighted by Crippen LogP contribution is 2.35. The number of aromatic nitrogens is 2. The molecule has 0 aliphatic carbocycles. The van der Waals surface area contributed by atoms with Gasteiger partial charge in [0.2, 0.25) is 11.0 Å². The molecule has 0 saturated heterocycles. The van der Waals surface area contributed by atoms with Gasteiger partial charge in [-0.15, -0.1) is 10.2 Å². The van der Waals surface area contributed by atoms with E-state index >= 15 is 0 Å². The third-order valence-corrected chi connectivity index (χ3v) is 3.94. The Kier molecular flexibility index (Phi) is 4.57. The number of nitrogens with one attached hydrogen (secondary N) is 1. The number of carbonyl (C=O) groups is 1. The summed E-state index contributed by atoms with van der Waals surface area (Å²) in [5.74, 6) is 1.34. The largest absolute Gasteiger partial charge is 0.493 e. The Morgan fingerprint density at radius 2 is 2.43 bits per heavy atom. The highest BCUT2D eigenvalue weighted by atomic mass is 32.1. The molecule has 0 fully saturated rings. The molecule has 0 spiro atoms. The Bertz CT molecular complexity index is 728. The van der Waals surface area contributed by atoms with E-state index in [1.54, 1.807) is 11.6 Å². The minimum absolute atomic E-state index is 0.166. The Morgan fingerprint density at radius 1 is 1.57 bits per heavy atom. The predicted octanol–water partition coefficient (Wildman–Crippen LogP) is 2.91. The molecule has 23 heavy (non-hydrogen) atoms. The molecule has 1 aromatic carbocycles. The summed E-state index contributed by atoms with van der Waals surface area (Å²) >= 11 is 1.27. The maximum absolute atomic E-state index is 11.9. The standard InChI is InChI=1S/C16H17N3O3S/c1-3-21-13-8-12-6-10(2)22-14(12)7-11(13)4-5-15(20)18-16-19-17-9-23-16/h4-5,7-10H,3,6H2,1-2H3,(H,18,19,20). The quantitative estimate of drug-likeness (QED) is 0.853. The second-order valence-corrected chi connectivity index (χ2v) is 5.96.